The van der Waals surface area contributed by atoms with Crippen LogP contribution in [0.5, 0.6) is 0 Å². The second-order valence-electron chi connectivity index (χ2n) is 3.66. The molecule has 1 rings (SSSR count). The van der Waals surface area contributed by atoms with E-state index >= 15 is 0 Å². The first-order valence-electron chi connectivity index (χ1n) is 5.04. The Kier molecular flexibility index (Phi) is 5.12. The molecule has 0 bridgehead atoms. The van der Waals surface area contributed by atoms with Crippen LogP contribution in [-0.2, 0) is 15.4 Å². The second kappa shape index (κ2) is 6.15. The molecule has 1 N–H and O–H groups in total. The first-order chi connectivity index (χ1) is 7.99. The summed E-state index contributed by atoms with van der Waals surface area (Å²) in [5, 5.41) is 9.17. The predicted octanol–water partition coefficient (Wildman–Crippen LogP) is 2.16. The van der Waals surface area contributed by atoms with Gasteiger partial charge in [-0.3, -0.25) is 0 Å². The topological polar surface area (TPSA) is 70.0 Å². The Hall–Kier alpha value is -0.900. The molecule has 0 aliphatic carbocycles. The van der Waals surface area contributed by atoms with Crippen molar-refractivity contribution in [2.75, 3.05) is 0 Å². The van der Waals surface area contributed by atoms with Gasteiger partial charge in [0, 0.05) is 11.4 Å². The van der Waals surface area contributed by atoms with Crippen LogP contribution in [0.2, 0.25) is 0 Å². The number of halogens is 1. The maximum atomic E-state index is 11.9. The van der Waals surface area contributed by atoms with Crippen LogP contribution < -0.4 is 4.72 Å². The fourth-order valence-electron chi connectivity index (χ4n) is 1.27. The fraction of sp³-hybridized carbons (Fsp3) is 0.364. The molecule has 1 aromatic rings. The molecule has 6 heteroatoms. The van der Waals surface area contributed by atoms with E-state index in [1.807, 2.05) is 6.07 Å². The monoisotopic (exact) mass is 316 g/mol. The highest BCUT2D eigenvalue weighted by Gasteiger charge is 2.16. The lowest BCUT2D eigenvalue weighted by Crippen LogP contribution is -2.32. The van der Waals surface area contributed by atoms with Gasteiger partial charge in [-0.15, -0.1) is 0 Å². The van der Waals surface area contributed by atoms with Crippen LogP contribution in [0.25, 0.3) is 0 Å². The van der Waals surface area contributed by atoms with Crippen molar-refractivity contribution in [1.82, 2.24) is 4.72 Å². The summed E-state index contributed by atoms with van der Waals surface area (Å²) < 4.78 is 26.2. The molecule has 1 atom stereocenters. The van der Waals surface area contributed by atoms with Gasteiger partial charge in [0.05, 0.1) is 17.4 Å². The van der Waals surface area contributed by atoms with Crippen LogP contribution in [0.4, 0.5) is 0 Å². The molecule has 17 heavy (non-hydrogen) atoms. The van der Waals surface area contributed by atoms with Crippen molar-refractivity contribution in [3.8, 4) is 6.07 Å². The van der Waals surface area contributed by atoms with Crippen LogP contribution >= 0.6 is 15.9 Å². The molecule has 1 aromatic carbocycles. The Labute approximate surface area is 110 Å². The maximum Gasteiger partial charge on any atom is 0.240 e. The average Bonchev–Trinajstić information content (AvgIpc) is 2.28. The van der Waals surface area contributed by atoms with E-state index in [9.17, 15) is 8.42 Å². The van der Waals surface area contributed by atoms with Crippen molar-refractivity contribution >= 4 is 26.0 Å². The molecule has 0 heterocycles. The molecular weight excluding hydrogens is 304 g/mol. The number of hydrogen-bond acceptors (Lipinski definition) is 3. The van der Waals surface area contributed by atoms with E-state index in [1.165, 1.54) is 0 Å². The highest BCUT2D eigenvalue weighted by molar-refractivity contribution is 9.08. The van der Waals surface area contributed by atoms with Gasteiger partial charge in [-0.1, -0.05) is 28.1 Å². The van der Waals surface area contributed by atoms with E-state index < -0.39 is 10.0 Å². The first kappa shape index (κ1) is 14.2. The highest BCUT2D eigenvalue weighted by atomic mass is 79.9. The van der Waals surface area contributed by atoms with Gasteiger partial charge in [0.15, 0.2) is 0 Å². The summed E-state index contributed by atoms with van der Waals surface area (Å²) in [5.41, 5.74) is 1.01. The Morgan fingerprint density at radius 1 is 1.41 bits per heavy atom. The number of nitrogens with zero attached hydrogens (tertiary/aromatic N) is 1. The number of rotatable bonds is 5. The number of benzene rings is 1. The molecule has 0 fully saturated rings. The number of hydrogen-bond donors (Lipinski definition) is 1. The molecule has 4 nitrogen and oxygen atoms in total. The standard InChI is InChI=1S/C11H13BrN2O2S/c1-9(6-7-13)14-17(15,16)11-4-2-10(8-12)3-5-11/h2-5,9,14H,6,8H2,1H3. The van der Waals surface area contributed by atoms with Gasteiger partial charge in [-0.25, -0.2) is 13.1 Å². The summed E-state index contributed by atoms with van der Waals surface area (Å²) in [7, 11) is -3.52. The lowest BCUT2D eigenvalue weighted by Gasteiger charge is -2.11. The van der Waals surface area contributed by atoms with Gasteiger partial charge in [0.1, 0.15) is 0 Å². The van der Waals surface area contributed by atoms with Crippen molar-refractivity contribution in [3.63, 3.8) is 0 Å². The molecule has 0 aliphatic rings. The zero-order valence-corrected chi connectivity index (χ0v) is 11.8. The summed E-state index contributed by atoms with van der Waals surface area (Å²) in [6, 6.07) is 8.14. The van der Waals surface area contributed by atoms with Crippen LogP contribution in [0.3, 0.4) is 0 Å². The van der Waals surface area contributed by atoms with Gasteiger partial charge in [-0.2, -0.15) is 5.26 Å². The predicted molar refractivity (Wildman–Crippen MR) is 69.1 cm³/mol. The van der Waals surface area contributed by atoms with Crippen molar-refractivity contribution in [3.05, 3.63) is 29.8 Å². The van der Waals surface area contributed by atoms with E-state index in [2.05, 4.69) is 20.7 Å². The smallest absolute Gasteiger partial charge is 0.207 e. The second-order valence-corrected chi connectivity index (χ2v) is 5.94. The van der Waals surface area contributed by atoms with E-state index in [-0.39, 0.29) is 17.4 Å². The number of nitrogens with one attached hydrogen (secondary N) is 1. The van der Waals surface area contributed by atoms with Gasteiger partial charge in [0.25, 0.3) is 0 Å². The SMILES string of the molecule is CC(CC#N)NS(=O)(=O)c1ccc(CBr)cc1. The molecule has 1 unspecified atom stereocenters. The number of alkyl halides is 1. The zero-order valence-electron chi connectivity index (χ0n) is 9.35. The molecule has 0 saturated heterocycles. The van der Waals surface area contributed by atoms with Gasteiger partial charge in [0.2, 0.25) is 10.0 Å². The van der Waals surface area contributed by atoms with Crippen LogP contribution in [0, 0.1) is 11.3 Å². The molecular formula is C11H13BrN2O2S. The lowest BCUT2D eigenvalue weighted by molar-refractivity contribution is 0.563. The molecule has 0 saturated carbocycles. The minimum absolute atomic E-state index is 0.152. The summed E-state index contributed by atoms with van der Waals surface area (Å²) in [4.78, 5) is 0.215. The maximum absolute atomic E-state index is 11.9. The third kappa shape index (κ3) is 4.11. The van der Waals surface area contributed by atoms with Crippen LogP contribution in [-0.4, -0.2) is 14.5 Å². The zero-order chi connectivity index (χ0) is 12.9. The van der Waals surface area contributed by atoms with E-state index in [0.29, 0.717) is 5.33 Å². The normalized spacial score (nSPS) is 13.0. The molecule has 0 radical (unpaired) electrons. The lowest BCUT2D eigenvalue weighted by atomic mass is 10.2. The third-order valence-corrected chi connectivity index (χ3v) is 4.39. The molecule has 0 spiro atoms. The summed E-state index contributed by atoms with van der Waals surface area (Å²) in [6.07, 6.45) is 0.152. The first-order valence-corrected chi connectivity index (χ1v) is 7.64. The third-order valence-electron chi connectivity index (χ3n) is 2.14. The minimum Gasteiger partial charge on any atom is -0.207 e. The van der Waals surface area contributed by atoms with Crippen molar-refractivity contribution in [2.24, 2.45) is 0 Å². The number of sulfonamides is 1. The van der Waals surface area contributed by atoms with E-state index in [1.54, 1.807) is 31.2 Å². The molecule has 92 valence electrons. The molecule has 0 aromatic heterocycles. The van der Waals surface area contributed by atoms with Gasteiger partial charge in [-0.05, 0) is 24.6 Å². The quantitative estimate of drug-likeness (QED) is 0.846. The largest absolute Gasteiger partial charge is 0.240 e. The highest BCUT2D eigenvalue weighted by Crippen LogP contribution is 2.13. The minimum atomic E-state index is -3.52. The van der Waals surface area contributed by atoms with Crippen LogP contribution in [0.15, 0.2) is 29.2 Å². The Bertz CT molecular complexity index is 505. The fourth-order valence-corrected chi connectivity index (χ4v) is 2.89. The van der Waals surface area contributed by atoms with Crippen LogP contribution in [0.1, 0.15) is 18.9 Å². The van der Waals surface area contributed by atoms with Crippen molar-refractivity contribution < 1.29 is 8.42 Å². The molecule has 0 amide bonds. The molecule has 0 aliphatic heterocycles. The van der Waals surface area contributed by atoms with E-state index in [4.69, 9.17) is 5.26 Å². The van der Waals surface area contributed by atoms with Gasteiger partial charge >= 0.3 is 0 Å². The van der Waals surface area contributed by atoms with Gasteiger partial charge < -0.3 is 0 Å². The average molecular weight is 317 g/mol. The number of nitriles is 1. The summed E-state index contributed by atoms with van der Waals surface area (Å²) >= 11 is 3.29. The van der Waals surface area contributed by atoms with E-state index in [0.717, 1.165) is 5.56 Å². The Morgan fingerprint density at radius 3 is 2.47 bits per heavy atom. The van der Waals surface area contributed by atoms with Crippen molar-refractivity contribution in [1.29, 1.82) is 5.26 Å². The Balaban J connectivity index is 2.86. The summed E-state index contributed by atoms with van der Waals surface area (Å²) in [5.74, 6) is 0. The summed E-state index contributed by atoms with van der Waals surface area (Å²) in [6.45, 7) is 1.66. The van der Waals surface area contributed by atoms with Crippen molar-refractivity contribution in [2.45, 2.75) is 29.6 Å². The Morgan fingerprint density at radius 2 is 2.00 bits per heavy atom.